The average Bonchev–Trinajstić information content (AvgIpc) is 3.00. The van der Waals surface area contributed by atoms with Crippen LogP contribution in [0.5, 0.6) is 0 Å². The van der Waals surface area contributed by atoms with Crippen molar-refractivity contribution in [3.05, 3.63) is 59.9 Å². The molecule has 1 amide bonds. The minimum absolute atomic E-state index is 0.0212. The molecule has 1 aromatic carbocycles. The van der Waals surface area contributed by atoms with Crippen molar-refractivity contribution in [3.8, 4) is 0 Å². The fourth-order valence-electron chi connectivity index (χ4n) is 1.98. The van der Waals surface area contributed by atoms with E-state index >= 15 is 0 Å². The molecule has 0 aliphatic rings. The van der Waals surface area contributed by atoms with Gasteiger partial charge in [0.2, 0.25) is 0 Å². The third-order valence-corrected chi connectivity index (χ3v) is 3.04. The van der Waals surface area contributed by atoms with E-state index in [-0.39, 0.29) is 12.0 Å². The molecule has 7 heteroatoms. The Bertz CT molecular complexity index is 637. The molecule has 0 saturated heterocycles. The first-order valence-electron chi connectivity index (χ1n) is 6.46. The summed E-state index contributed by atoms with van der Waals surface area (Å²) in [5, 5.41) is 1.77. The zero-order valence-electron chi connectivity index (χ0n) is 11.4. The second-order valence-electron chi connectivity index (χ2n) is 4.68. The first kappa shape index (κ1) is 15.8. The van der Waals surface area contributed by atoms with Gasteiger partial charge >= 0.3 is 12.1 Å². The second kappa shape index (κ2) is 6.46. The molecule has 1 aromatic heterocycles. The van der Waals surface area contributed by atoms with Gasteiger partial charge in [-0.05, 0) is 11.6 Å². The Morgan fingerprint density at radius 2 is 1.82 bits per heavy atom. The number of hydrogen-bond donors (Lipinski definition) is 2. The number of rotatable bonds is 5. The SMILES string of the molecule is O=C(c1cc[nH]c1)[C@@H](Cc1ccccc1)NC(=O)C(F)(F)F. The van der Waals surface area contributed by atoms with E-state index in [0.29, 0.717) is 5.56 Å². The predicted molar refractivity (Wildman–Crippen MR) is 73.3 cm³/mol. The number of alkyl halides is 3. The molecule has 2 N–H and O–H groups in total. The van der Waals surface area contributed by atoms with E-state index < -0.39 is 23.9 Å². The van der Waals surface area contributed by atoms with Gasteiger partial charge in [-0.15, -0.1) is 0 Å². The Labute approximate surface area is 124 Å². The Kier molecular flexibility index (Phi) is 4.65. The first-order valence-corrected chi connectivity index (χ1v) is 6.46. The Hall–Kier alpha value is -2.57. The van der Waals surface area contributed by atoms with E-state index in [1.54, 1.807) is 35.6 Å². The summed E-state index contributed by atoms with van der Waals surface area (Å²) in [6, 6.07) is 8.68. The smallest absolute Gasteiger partial charge is 0.367 e. The monoisotopic (exact) mass is 310 g/mol. The standard InChI is InChI=1S/C15H13F3N2O2/c16-15(17,18)14(22)20-12(8-10-4-2-1-3-5-10)13(21)11-6-7-19-9-11/h1-7,9,12,19H,8H2,(H,20,22)/t12-/m1/s1. The number of halogens is 3. The van der Waals surface area contributed by atoms with E-state index in [4.69, 9.17) is 0 Å². The molecular formula is C15H13F3N2O2. The molecule has 0 aliphatic heterocycles. The van der Waals surface area contributed by atoms with Crippen LogP contribution in [0.4, 0.5) is 13.2 Å². The highest BCUT2D eigenvalue weighted by molar-refractivity contribution is 6.02. The number of aromatic amines is 1. The molecule has 0 aliphatic carbocycles. The molecule has 0 radical (unpaired) electrons. The maximum atomic E-state index is 12.4. The lowest BCUT2D eigenvalue weighted by atomic mass is 9.99. The largest absolute Gasteiger partial charge is 0.471 e. The molecule has 0 spiro atoms. The highest BCUT2D eigenvalue weighted by atomic mass is 19.4. The minimum atomic E-state index is -5.03. The molecule has 0 saturated carbocycles. The summed E-state index contributed by atoms with van der Waals surface area (Å²) in [5.41, 5.74) is 0.863. The fraction of sp³-hybridized carbons (Fsp3) is 0.200. The van der Waals surface area contributed by atoms with Gasteiger partial charge in [0, 0.05) is 24.4 Å². The molecule has 2 aromatic rings. The van der Waals surface area contributed by atoms with Crippen LogP contribution in [-0.4, -0.2) is 28.9 Å². The lowest BCUT2D eigenvalue weighted by Gasteiger charge is -2.18. The molecule has 1 heterocycles. The zero-order valence-corrected chi connectivity index (χ0v) is 11.4. The average molecular weight is 310 g/mol. The van der Waals surface area contributed by atoms with Crippen molar-refractivity contribution in [1.29, 1.82) is 0 Å². The maximum Gasteiger partial charge on any atom is 0.471 e. The summed E-state index contributed by atoms with van der Waals surface area (Å²) < 4.78 is 37.3. The number of carbonyl (C=O) groups is 2. The quantitative estimate of drug-likeness (QED) is 0.834. The highest BCUT2D eigenvalue weighted by Crippen LogP contribution is 2.16. The predicted octanol–water partition coefficient (Wildman–Crippen LogP) is 2.49. The number of H-pyrrole nitrogens is 1. The number of Topliss-reactive ketones (excluding diaryl/α,β-unsaturated/α-hetero) is 1. The molecule has 2 rings (SSSR count). The number of aromatic nitrogens is 1. The van der Waals surface area contributed by atoms with Crippen LogP contribution in [0.2, 0.25) is 0 Å². The summed E-state index contributed by atoms with van der Waals surface area (Å²) in [5.74, 6) is -2.71. The van der Waals surface area contributed by atoms with Gasteiger partial charge in [0.25, 0.3) is 0 Å². The van der Waals surface area contributed by atoms with Crippen LogP contribution in [0.1, 0.15) is 15.9 Å². The van der Waals surface area contributed by atoms with Crippen molar-refractivity contribution in [3.63, 3.8) is 0 Å². The summed E-state index contributed by atoms with van der Waals surface area (Å²) in [7, 11) is 0. The zero-order chi connectivity index (χ0) is 16.2. The lowest BCUT2D eigenvalue weighted by molar-refractivity contribution is -0.174. The van der Waals surface area contributed by atoms with Crippen molar-refractivity contribution >= 4 is 11.7 Å². The van der Waals surface area contributed by atoms with Gasteiger partial charge in [0.1, 0.15) is 0 Å². The van der Waals surface area contributed by atoms with Crippen molar-refractivity contribution in [1.82, 2.24) is 10.3 Å². The Morgan fingerprint density at radius 1 is 1.14 bits per heavy atom. The van der Waals surface area contributed by atoms with Gasteiger partial charge in [0.05, 0.1) is 6.04 Å². The van der Waals surface area contributed by atoms with Crippen LogP contribution in [0, 0.1) is 0 Å². The molecule has 0 bridgehead atoms. The number of hydrogen-bond acceptors (Lipinski definition) is 2. The second-order valence-corrected chi connectivity index (χ2v) is 4.68. The number of benzene rings is 1. The Balaban J connectivity index is 2.20. The molecule has 1 atom stereocenters. The third-order valence-electron chi connectivity index (χ3n) is 3.04. The van der Waals surface area contributed by atoms with Crippen LogP contribution < -0.4 is 5.32 Å². The topological polar surface area (TPSA) is 62.0 Å². The van der Waals surface area contributed by atoms with Gasteiger partial charge in [-0.3, -0.25) is 9.59 Å². The van der Waals surface area contributed by atoms with Gasteiger partial charge in [-0.2, -0.15) is 13.2 Å². The van der Waals surface area contributed by atoms with Crippen LogP contribution in [0.25, 0.3) is 0 Å². The minimum Gasteiger partial charge on any atom is -0.367 e. The normalized spacial score (nSPS) is 12.7. The van der Waals surface area contributed by atoms with E-state index in [1.165, 1.54) is 18.5 Å². The van der Waals surface area contributed by atoms with Gasteiger partial charge in [-0.1, -0.05) is 30.3 Å². The summed E-state index contributed by atoms with van der Waals surface area (Å²) >= 11 is 0. The Morgan fingerprint density at radius 3 is 2.36 bits per heavy atom. The number of nitrogens with one attached hydrogen (secondary N) is 2. The van der Waals surface area contributed by atoms with Gasteiger partial charge in [-0.25, -0.2) is 0 Å². The van der Waals surface area contributed by atoms with Crippen LogP contribution in [-0.2, 0) is 11.2 Å². The third kappa shape index (κ3) is 3.97. The van der Waals surface area contributed by atoms with Crippen LogP contribution in [0.3, 0.4) is 0 Å². The summed E-state index contributed by atoms with van der Waals surface area (Å²) in [6.07, 6.45) is -2.20. The number of amides is 1. The van der Waals surface area contributed by atoms with Crippen LogP contribution >= 0.6 is 0 Å². The van der Waals surface area contributed by atoms with Crippen molar-refractivity contribution in [2.75, 3.05) is 0 Å². The van der Waals surface area contributed by atoms with Gasteiger partial charge in [0.15, 0.2) is 5.78 Å². The van der Waals surface area contributed by atoms with E-state index in [0.717, 1.165) is 0 Å². The molecule has 0 fully saturated rings. The molecule has 4 nitrogen and oxygen atoms in total. The van der Waals surface area contributed by atoms with Crippen molar-refractivity contribution < 1.29 is 22.8 Å². The van der Waals surface area contributed by atoms with Crippen molar-refractivity contribution in [2.24, 2.45) is 0 Å². The molecule has 116 valence electrons. The highest BCUT2D eigenvalue weighted by Gasteiger charge is 2.40. The number of carbonyl (C=O) groups excluding carboxylic acids is 2. The maximum absolute atomic E-state index is 12.4. The fourth-order valence-corrected chi connectivity index (χ4v) is 1.98. The van der Waals surface area contributed by atoms with Gasteiger partial charge < -0.3 is 10.3 Å². The number of ketones is 1. The first-order chi connectivity index (χ1) is 10.4. The molecule has 0 unspecified atom stereocenters. The van der Waals surface area contributed by atoms with E-state index in [2.05, 4.69) is 4.98 Å². The van der Waals surface area contributed by atoms with E-state index in [9.17, 15) is 22.8 Å². The van der Waals surface area contributed by atoms with Crippen molar-refractivity contribution in [2.45, 2.75) is 18.6 Å². The van der Waals surface area contributed by atoms with E-state index in [1.807, 2.05) is 0 Å². The lowest BCUT2D eigenvalue weighted by Crippen LogP contribution is -2.47. The summed E-state index contributed by atoms with van der Waals surface area (Å²) in [6.45, 7) is 0. The molecule has 22 heavy (non-hydrogen) atoms. The van der Waals surface area contributed by atoms with Crippen LogP contribution in [0.15, 0.2) is 48.8 Å². The summed E-state index contributed by atoms with van der Waals surface area (Å²) in [4.78, 5) is 26.1. The molecular weight excluding hydrogens is 297 g/mol.